The molecule has 0 saturated heterocycles. The first-order valence-electron chi connectivity index (χ1n) is 6.63. The van der Waals surface area contributed by atoms with Crippen LogP contribution in [0.5, 0.6) is 0 Å². The summed E-state index contributed by atoms with van der Waals surface area (Å²) in [4.78, 5) is 10.7. The van der Waals surface area contributed by atoms with Crippen LogP contribution in [0.1, 0.15) is 19.8 Å². The summed E-state index contributed by atoms with van der Waals surface area (Å²) in [6.45, 7) is 1.31. The Morgan fingerprint density at radius 3 is 1.78 bits per heavy atom. The van der Waals surface area contributed by atoms with Crippen LogP contribution in [0.4, 0.5) is 30.7 Å². The molecule has 0 aliphatic rings. The number of carbonyl (C=O) groups is 1. The minimum Gasteiger partial charge on any atom is -0.459 e. The summed E-state index contributed by atoms with van der Waals surface area (Å²) in [5.41, 5.74) is 0. The van der Waals surface area contributed by atoms with Gasteiger partial charge in [-0.05, 0) is 6.42 Å². The van der Waals surface area contributed by atoms with Gasteiger partial charge < -0.3 is 14.2 Å². The second-order valence-corrected chi connectivity index (χ2v) is 4.36. The third kappa shape index (κ3) is 6.50. The van der Waals surface area contributed by atoms with Crippen LogP contribution >= 0.6 is 0 Å². The molecule has 0 fully saturated rings. The molecule has 0 unspecified atom stereocenters. The minimum atomic E-state index is -6.58. The lowest BCUT2D eigenvalue weighted by Crippen LogP contribution is -2.56. The van der Waals surface area contributed by atoms with Crippen LogP contribution in [0.25, 0.3) is 0 Å². The number of ether oxygens (including phenoxy) is 3. The molecule has 138 valence electrons. The summed E-state index contributed by atoms with van der Waals surface area (Å²) >= 11 is 0. The lowest BCUT2D eigenvalue weighted by atomic mass is 10.1. The van der Waals surface area contributed by atoms with E-state index in [9.17, 15) is 35.5 Å². The maximum Gasteiger partial charge on any atom is 0.460 e. The van der Waals surface area contributed by atoms with E-state index in [-0.39, 0.29) is 13.2 Å². The Morgan fingerprint density at radius 1 is 0.826 bits per heavy atom. The van der Waals surface area contributed by atoms with Crippen LogP contribution in [-0.2, 0) is 19.0 Å². The molecule has 0 spiro atoms. The number of halogens is 7. The molecule has 4 nitrogen and oxygen atoms in total. The lowest BCUT2D eigenvalue weighted by molar-refractivity contribution is -0.348. The highest BCUT2D eigenvalue weighted by atomic mass is 19.4. The number of alkyl halides is 7. The molecular formula is C12H17F7O4. The van der Waals surface area contributed by atoms with Gasteiger partial charge in [-0.2, -0.15) is 30.7 Å². The number of hydrogen-bond acceptors (Lipinski definition) is 4. The number of unbranched alkanes of at least 4 members (excludes halogenated alkanes) is 1. The zero-order chi connectivity index (χ0) is 18.1. The predicted molar refractivity (Wildman–Crippen MR) is 63.5 cm³/mol. The number of rotatable bonds is 11. The van der Waals surface area contributed by atoms with E-state index in [2.05, 4.69) is 4.74 Å². The molecule has 0 aliphatic heterocycles. The van der Waals surface area contributed by atoms with Crippen molar-refractivity contribution in [2.75, 3.05) is 33.0 Å². The molecule has 0 aromatic rings. The SMILES string of the molecule is CCCCOCCOCCOC(=O)C(F)(F)C(F)(F)C(F)(F)F. The van der Waals surface area contributed by atoms with Gasteiger partial charge in [0.25, 0.3) is 0 Å². The van der Waals surface area contributed by atoms with Crippen molar-refractivity contribution >= 4 is 5.97 Å². The van der Waals surface area contributed by atoms with E-state index in [1.54, 1.807) is 0 Å². The lowest BCUT2D eigenvalue weighted by Gasteiger charge is -2.26. The van der Waals surface area contributed by atoms with Crippen molar-refractivity contribution in [3.8, 4) is 0 Å². The Morgan fingerprint density at radius 2 is 1.30 bits per heavy atom. The van der Waals surface area contributed by atoms with Crippen molar-refractivity contribution in [1.82, 2.24) is 0 Å². The summed E-state index contributed by atoms with van der Waals surface area (Å²) in [6.07, 6.45) is -4.82. The van der Waals surface area contributed by atoms with Gasteiger partial charge in [-0.25, -0.2) is 4.79 Å². The van der Waals surface area contributed by atoms with E-state index in [1.807, 2.05) is 6.92 Å². The van der Waals surface area contributed by atoms with E-state index in [0.717, 1.165) is 12.8 Å². The van der Waals surface area contributed by atoms with Crippen molar-refractivity contribution < 1.29 is 49.7 Å². The number of esters is 1. The van der Waals surface area contributed by atoms with Crippen LogP contribution in [0, 0.1) is 0 Å². The van der Waals surface area contributed by atoms with Gasteiger partial charge >= 0.3 is 24.0 Å². The minimum absolute atomic E-state index is 0.0242. The van der Waals surface area contributed by atoms with E-state index in [4.69, 9.17) is 9.47 Å². The molecule has 0 N–H and O–H groups in total. The third-order valence-electron chi connectivity index (χ3n) is 2.48. The fourth-order valence-corrected chi connectivity index (χ4v) is 1.16. The number of carbonyl (C=O) groups excluding carboxylic acids is 1. The maximum absolute atomic E-state index is 12.8. The Bertz CT molecular complexity index is 358. The van der Waals surface area contributed by atoms with Gasteiger partial charge in [0.1, 0.15) is 6.61 Å². The van der Waals surface area contributed by atoms with Crippen LogP contribution in [0.15, 0.2) is 0 Å². The second kappa shape index (κ2) is 9.26. The van der Waals surface area contributed by atoms with Crippen LogP contribution in [0.2, 0.25) is 0 Å². The Kier molecular flexibility index (Phi) is 8.82. The Balaban J connectivity index is 4.06. The first-order chi connectivity index (χ1) is 10.5. The number of hydrogen-bond donors (Lipinski definition) is 0. The molecule has 0 aromatic heterocycles. The molecule has 0 radical (unpaired) electrons. The molecule has 0 bridgehead atoms. The highest BCUT2D eigenvalue weighted by Crippen LogP contribution is 2.46. The maximum atomic E-state index is 12.8. The summed E-state index contributed by atoms with van der Waals surface area (Å²) in [5, 5.41) is 0. The van der Waals surface area contributed by atoms with Crippen molar-refractivity contribution in [3.63, 3.8) is 0 Å². The van der Waals surface area contributed by atoms with Crippen molar-refractivity contribution in [2.45, 2.75) is 37.8 Å². The van der Waals surface area contributed by atoms with Crippen LogP contribution in [0.3, 0.4) is 0 Å². The molecule has 0 amide bonds. The zero-order valence-corrected chi connectivity index (χ0v) is 12.2. The summed E-state index contributed by atoms with van der Waals surface area (Å²) in [6, 6.07) is 0. The Hall–Kier alpha value is -1.10. The van der Waals surface area contributed by atoms with Gasteiger partial charge in [-0.3, -0.25) is 0 Å². The fourth-order valence-electron chi connectivity index (χ4n) is 1.16. The molecule has 11 heteroatoms. The van der Waals surface area contributed by atoms with E-state index in [1.165, 1.54) is 0 Å². The quantitative estimate of drug-likeness (QED) is 0.323. The first kappa shape index (κ1) is 21.9. The molecule has 0 atom stereocenters. The highest BCUT2D eigenvalue weighted by Gasteiger charge is 2.77. The standard InChI is InChI=1S/C12H17F7O4/c1-2-3-4-21-5-6-22-7-8-23-9(20)10(13,14)11(15,16)12(17,18)19/h2-8H2,1H3. The molecule has 23 heavy (non-hydrogen) atoms. The average molecular weight is 358 g/mol. The van der Waals surface area contributed by atoms with Crippen LogP contribution < -0.4 is 0 Å². The summed E-state index contributed by atoms with van der Waals surface area (Å²) in [7, 11) is 0. The topological polar surface area (TPSA) is 44.8 Å². The summed E-state index contributed by atoms with van der Waals surface area (Å²) < 4.78 is 99.7. The van der Waals surface area contributed by atoms with Gasteiger partial charge in [0.2, 0.25) is 0 Å². The van der Waals surface area contributed by atoms with Gasteiger partial charge in [0.05, 0.1) is 19.8 Å². The molecule has 0 rings (SSSR count). The van der Waals surface area contributed by atoms with Crippen molar-refractivity contribution in [1.29, 1.82) is 0 Å². The molecule has 0 heterocycles. The van der Waals surface area contributed by atoms with Crippen LogP contribution in [-0.4, -0.2) is 57.0 Å². The molecule has 0 saturated carbocycles. The largest absolute Gasteiger partial charge is 0.460 e. The third-order valence-corrected chi connectivity index (χ3v) is 2.48. The second-order valence-electron chi connectivity index (χ2n) is 4.36. The van der Waals surface area contributed by atoms with E-state index >= 15 is 0 Å². The molecular weight excluding hydrogens is 341 g/mol. The normalized spacial score (nSPS) is 13.2. The summed E-state index contributed by atoms with van der Waals surface area (Å²) in [5.74, 6) is -15.5. The molecule has 0 aromatic carbocycles. The van der Waals surface area contributed by atoms with Gasteiger partial charge in [0.15, 0.2) is 0 Å². The zero-order valence-electron chi connectivity index (χ0n) is 12.2. The smallest absolute Gasteiger partial charge is 0.459 e. The van der Waals surface area contributed by atoms with E-state index in [0.29, 0.717) is 6.61 Å². The van der Waals surface area contributed by atoms with Gasteiger partial charge in [0, 0.05) is 6.61 Å². The van der Waals surface area contributed by atoms with Gasteiger partial charge in [-0.1, -0.05) is 13.3 Å². The Labute approximate surface area is 127 Å². The first-order valence-corrected chi connectivity index (χ1v) is 6.63. The molecule has 0 aliphatic carbocycles. The predicted octanol–water partition coefficient (Wildman–Crippen LogP) is 3.20. The monoisotopic (exact) mass is 358 g/mol. The van der Waals surface area contributed by atoms with E-state index < -0.39 is 37.2 Å². The van der Waals surface area contributed by atoms with Gasteiger partial charge in [-0.15, -0.1) is 0 Å². The fraction of sp³-hybridized carbons (Fsp3) is 0.917. The highest BCUT2D eigenvalue weighted by molar-refractivity contribution is 5.79. The van der Waals surface area contributed by atoms with Crippen molar-refractivity contribution in [3.05, 3.63) is 0 Å². The van der Waals surface area contributed by atoms with Crippen molar-refractivity contribution in [2.24, 2.45) is 0 Å². The average Bonchev–Trinajstić information content (AvgIpc) is 2.43.